The van der Waals surface area contributed by atoms with Crippen LogP contribution < -0.4 is 5.32 Å². The molecule has 0 aromatic heterocycles. The number of nitrogens with one attached hydrogen (secondary N) is 1. The third-order valence-electron chi connectivity index (χ3n) is 4.71. The van der Waals surface area contributed by atoms with Gasteiger partial charge in [-0.15, -0.1) is 0 Å². The molecule has 4 atom stereocenters. The Morgan fingerprint density at radius 3 is 2.64 bits per heavy atom. The number of hydrogen-bond acceptors (Lipinski definition) is 3. The van der Waals surface area contributed by atoms with E-state index in [9.17, 15) is 9.59 Å². The van der Waals surface area contributed by atoms with E-state index in [0.29, 0.717) is 18.8 Å². The van der Waals surface area contributed by atoms with Gasteiger partial charge in [-0.25, -0.2) is 4.79 Å². The van der Waals surface area contributed by atoms with Crippen LogP contribution in [0.4, 0.5) is 0 Å². The van der Waals surface area contributed by atoms with Crippen LogP contribution in [0.3, 0.4) is 0 Å². The van der Waals surface area contributed by atoms with Crippen molar-refractivity contribution in [2.75, 3.05) is 0 Å². The fourth-order valence-electron chi connectivity index (χ4n) is 3.40. The lowest BCUT2D eigenvalue weighted by Crippen LogP contribution is -2.41. The van der Waals surface area contributed by atoms with E-state index in [-0.39, 0.29) is 11.9 Å². The summed E-state index contributed by atoms with van der Waals surface area (Å²) in [5, 5.41) is 12.0. The largest absolute Gasteiger partial charge is 0.479 e. The van der Waals surface area contributed by atoms with E-state index in [1.54, 1.807) is 0 Å². The van der Waals surface area contributed by atoms with Gasteiger partial charge in [-0.3, -0.25) is 4.79 Å². The summed E-state index contributed by atoms with van der Waals surface area (Å²) in [6.07, 6.45) is 1.42. The first kappa shape index (κ1) is 15.0. The Kier molecular flexibility index (Phi) is 4.16. The maximum absolute atomic E-state index is 12.4. The Balaban J connectivity index is 1.70. The second-order valence-corrected chi connectivity index (χ2v) is 6.23. The molecule has 2 aliphatic rings. The van der Waals surface area contributed by atoms with Gasteiger partial charge in [0.1, 0.15) is 6.10 Å². The predicted octanol–water partition coefficient (Wildman–Crippen LogP) is 2.06. The molecule has 2 N–H and O–H groups in total. The Labute approximate surface area is 129 Å². The highest BCUT2D eigenvalue weighted by Crippen LogP contribution is 2.34. The van der Waals surface area contributed by atoms with Crippen LogP contribution in [0.15, 0.2) is 24.3 Å². The van der Waals surface area contributed by atoms with Gasteiger partial charge in [-0.1, -0.05) is 31.2 Å². The minimum Gasteiger partial charge on any atom is -0.479 e. The van der Waals surface area contributed by atoms with Crippen molar-refractivity contribution in [1.82, 2.24) is 5.32 Å². The van der Waals surface area contributed by atoms with Crippen molar-refractivity contribution in [3.63, 3.8) is 0 Å². The maximum Gasteiger partial charge on any atom is 0.332 e. The third kappa shape index (κ3) is 2.86. The molecule has 2 unspecified atom stereocenters. The Morgan fingerprint density at radius 2 is 1.91 bits per heavy atom. The third-order valence-corrected chi connectivity index (χ3v) is 4.71. The van der Waals surface area contributed by atoms with Crippen LogP contribution in [0.2, 0.25) is 0 Å². The van der Waals surface area contributed by atoms with E-state index >= 15 is 0 Å². The average molecular weight is 303 g/mol. The van der Waals surface area contributed by atoms with Gasteiger partial charge >= 0.3 is 5.97 Å². The lowest BCUT2D eigenvalue weighted by molar-refractivity contribution is -0.152. The predicted molar refractivity (Wildman–Crippen MR) is 80.3 cm³/mol. The van der Waals surface area contributed by atoms with Gasteiger partial charge in [0.15, 0.2) is 6.10 Å². The van der Waals surface area contributed by atoms with Crippen molar-refractivity contribution >= 4 is 11.9 Å². The van der Waals surface area contributed by atoms with E-state index in [4.69, 9.17) is 9.84 Å². The van der Waals surface area contributed by atoms with Gasteiger partial charge in [-0.2, -0.15) is 0 Å². The Bertz CT molecular complexity index is 586. The zero-order valence-corrected chi connectivity index (χ0v) is 12.6. The molecule has 0 bridgehead atoms. The van der Waals surface area contributed by atoms with Crippen molar-refractivity contribution in [3.05, 3.63) is 35.4 Å². The molecular weight excluding hydrogens is 282 g/mol. The normalized spacial score (nSPS) is 30.6. The summed E-state index contributed by atoms with van der Waals surface area (Å²) >= 11 is 0. The molecule has 1 fully saturated rings. The van der Waals surface area contributed by atoms with Crippen LogP contribution in [0.1, 0.15) is 43.4 Å². The summed E-state index contributed by atoms with van der Waals surface area (Å²) in [6.45, 7) is 2.14. The van der Waals surface area contributed by atoms with Gasteiger partial charge < -0.3 is 15.2 Å². The molecule has 1 saturated heterocycles. The van der Waals surface area contributed by atoms with E-state index in [0.717, 1.165) is 12.8 Å². The van der Waals surface area contributed by atoms with E-state index in [1.807, 2.05) is 12.1 Å². The molecule has 5 heteroatoms. The van der Waals surface area contributed by atoms with Crippen molar-refractivity contribution in [3.8, 4) is 0 Å². The standard InChI is InChI=1S/C17H21NO4/c1-10-6-7-11-4-2-3-5-12(11)15(10)18-16(19)13-8-9-14(22-13)17(20)21/h2-5,10,13-15H,6-9H2,1H3,(H,18,19)(H,20,21)/t10?,13-,14+,15?/m0/s1. The molecule has 1 aliphatic heterocycles. The van der Waals surface area contributed by atoms with Crippen molar-refractivity contribution in [2.45, 2.75) is 50.9 Å². The number of ether oxygens (including phenoxy) is 1. The molecule has 1 amide bonds. The first-order chi connectivity index (χ1) is 10.6. The molecule has 0 spiro atoms. The minimum absolute atomic E-state index is 0.0232. The summed E-state index contributed by atoms with van der Waals surface area (Å²) in [5.41, 5.74) is 2.45. The fourth-order valence-corrected chi connectivity index (χ4v) is 3.40. The summed E-state index contributed by atoms with van der Waals surface area (Å²) < 4.78 is 5.34. The second kappa shape index (κ2) is 6.08. The topological polar surface area (TPSA) is 75.6 Å². The zero-order valence-electron chi connectivity index (χ0n) is 12.6. The molecule has 118 valence electrons. The number of carbonyl (C=O) groups is 2. The lowest BCUT2D eigenvalue weighted by Gasteiger charge is -2.32. The van der Waals surface area contributed by atoms with Crippen molar-refractivity contribution < 1.29 is 19.4 Å². The molecular formula is C17H21NO4. The number of amides is 1. The number of aryl methyl sites for hydroxylation is 1. The van der Waals surface area contributed by atoms with Crippen molar-refractivity contribution in [1.29, 1.82) is 0 Å². The highest BCUT2D eigenvalue weighted by molar-refractivity contribution is 5.83. The van der Waals surface area contributed by atoms with E-state index in [2.05, 4.69) is 24.4 Å². The fraction of sp³-hybridized carbons (Fsp3) is 0.529. The summed E-state index contributed by atoms with van der Waals surface area (Å²) in [7, 11) is 0. The Morgan fingerprint density at radius 1 is 1.18 bits per heavy atom. The molecule has 22 heavy (non-hydrogen) atoms. The molecule has 1 heterocycles. The van der Waals surface area contributed by atoms with E-state index in [1.165, 1.54) is 11.1 Å². The van der Waals surface area contributed by atoms with Gasteiger partial charge in [0.2, 0.25) is 5.91 Å². The van der Waals surface area contributed by atoms with Crippen LogP contribution >= 0.6 is 0 Å². The SMILES string of the molecule is CC1CCc2ccccc2C1NC(=O)[C@@H]1CC[C@H](C(=O)O)O1. The van der Waals surface area contributed by atoms with Crippen LogP contribution in [0.5, 0.6) is 0 Å². The minimum atomic E-state index is -0.994. The van der Waals surface area contributed by atoms with Crippen LogP contribution in [0.25, 0.3) is 0 Å². The molecule has 1 aliphatic carbocycles. The number of benzene rings is 1. The molecule has 3 rings (SSSR count). The smallest absolute Gasteiger partial charge is 0.332 e. The molecule has 1 aromatic rings. The number of fused-ring (bicyclic) bond motifs is 1. The Hall–Kier alpha value is -1.88. The quantitative estimate of drug-likeness (QED) is 0.896. The zero-order chi connectivity index (χ0) is 15.7. The summed E-state index contributed by atoms with van der Waals surface area (Å²) in [4.78, 5) is 23.3. The van der Waals surface area contributed by atoms with E-state index < -0.39 is 18.2 Å². The monoisotopic (exact) mass is 303 g/mol. The van der Waals surface area contributed by atoms with Gasteiger partial charge in [0.25, 0.3) is 0 Å². The first-order valence-electron chi connectivity index (χ1n) is 7.82. The number of carboxylic acid groups (broad SMARTS) is 1. The molecule has 0 radical (unpaired) electrons. The highest BCUT2D eigenvalue weighted by Gasteiger charge is 2.37. The number of carbonyl (C=O) groups excluding carboxylic acids is 1. The first-order valence-corrected chi connectivity index (χ1v) is 7.82. The lowest BCUT2D eigenvalue weighted by atomic mass is 9.80. The second-order valence-electron chi connectivity index (χ2n) is 6.23. The van der Waals surface area contributed by atoms with Gasteiger partial charge in [0.05, 0.1) is 6.04 Å². The number of rotatable bonds is 3. The van der Waals surface area contributed by atoms with Crippen molar-refractivity contribution in [2.24, 2.45) is 5.92 Å². The molecule has 5 nitrogen and oxygen atoms in total. The highest BCUT2D eigenvalue weighted by atomic mass is 16.5. The van der Waals surface area contributed by atoms with Gasteiger partial charge in [0, 0.05) is 0 Å². The average Bonchev–Trinajstić information content (AvgIpc) is 3.00. The van der Waals surface area contributed by atoms with Gasteiger partial charge in [-0.05, 0) is 42.7 Å². The maximum atomic E-state index is 12.4. The summed E-state index contributed by atoms with van der Waals surface area (Å²) in [5.74, 6) is -0.834. The molecule has 1 aromatic carbocycles. The van der Waals surface area contributed by atoms with Crippen LogP contribution in [-0.4, -0.2) is 29.2 Å². The number of hydrogen-bond donors (Lipinski definition) is 2. The summed E-state index contributed by atoms with van der Waals surface area (Å²) in [6, 6.07) is 8.15. The number of aliphatic carboxylic acids is 1. The van der Waals surface area contributed by atoms with Crippen LogP contribution in [0, 0.1) is 5.92 Å². The van der Waals surface area contributed by atoms with Crippen LogP contribution in [-0.2, 0) is 20.7 Å². The molecule has 0 saturated carbocycles. The number of carboxylic acids is 1.